The van der Waals surface area contributed by atoms with Gasteiger partial charge in [0.1, 0.15) is 11.9 Å². The van der Waals surface area contributed by atoms with Gasteiger partial charge in [-0.1, -0.05) is 24.3 Å². The van der Waals surface area contributed by atoms with Gasteiger partial charge in [0, 0.05) is 29.5 Å². The average molecular weight is 568 g/mol. The molecular weight excluding hydrogens is 526 g/mol. The largest absolute Gasteiger partial charge is 0.478 e. The van der Waals surface area contributed by atoms with E-state index in [0.29, 0.717) is 24.4 Å². The summed E-state index contributed by atoms with van der Waals surface area (Å²) in [6, 6.07) is 11.8. The van der Waals surface area contributed by atoms with Crippen molar-refractivity contribution >= 4 is 29.6 Å². The Bertz CT molecular complexity index is 1210. The summed E-state index contributed by atoms with van der Waals surface area (Å²) in [6.07, 6.45) is 7.16. The van der Waals surface area contributed by atoms with Crippen molar-refractivity contribution < 1.29 is 29.0 Å². The van der Waals surface area contributed by atoms with E-state index in [1.54, 1.807) is 16.7 Å². The molecule has 4 rings (SSSR count). The number of hydrogen-bond acceptors (Lipinski definition) is 6. The van der Waals surface area contributed by atoms with Gasteiger partial charge in [0.25, 0.3) is 0 Å². The highest BCUT2D eigenvalue weighted by molar-refractivity contribution is 7.98. The van der Waals surface area contributed by atoms with Crippen LogP contribution < -0.4 is 4.74 Å². The lowest BCUT2D eigenvalue weighted by molar-refractivity contribution is -0.152. The van der Waals surface area contributed by atoms with Gasteiger partial charge in [0.15, 0.2) is 11.4 Å². The van der Waals surface area contributed by atoms with E-state index in [1.165, 1.54) is 13.8 Å². The summed E-state index contributed by atoms with van der Waals surface area (Å²) >= 11 is 1.64. The van der Waals surface area contributed by atoms with Crippen LogP contribution in [0.5, 0.6) is 5.75 Å². The molecule has 8 heteroatoms. The third-order valence-corrected chi connectivity index (χ3v) is 8.92. The van der Waals surface area contributed by atoms with Crippen LogP contribution in [0.15, 0.2) is 41.3 Å². The third-order valence-electron chi connectivity index (χ3n) is 8.18. The molecule has 216 valence electrons. The van der Waals surface area contributed by atoms with Crippen molar-refractivity contribution in [3.8, 4) is 5.75 Å². The number of thioether (sulfide) groups is 1. The Morgan fingerprint density at radius 2 is 1.65 bits per heavy atom. The molecule has 1 saturated heterocycles. The molecule has 0 bridgehead atoms. The maximum Gasteiger partial charge on any atom is 0.410 e. The van der Waals surface area contributed by atoms with Gasteiger partial charge in [0.05, 0.1) is 0 Å². The second kappa shape index (κ2) is 12.7. The summed E-state index contributed by atoms with van der Waals surface area (Å²) in [5, 5.41) is 9.47. The molecule has 2 aliphatic rings. The number of carbonyl (C=O) groups excluding carboxylic acids is 2. The van der Waals surface area contributed by atoms with E-state index in [1.807, 2.05) is 56.5 Å². The zero-order chi connectivity index (χ0) is 29.0. The van der Waals surface area contributed by atoms with Crippen LogP contribution in [0.25, 0.3) is 0 Å². The molecule has 1 saturated carbocycles. The molecule has 1 aliphatic carbocycles. The first kappa shape index (κ1) is 30.0. The molecule has 0 aromatic heterocycles. The van der Waals surface area contributed by atoms with Crippen LogP contribution >= 0.6 is 11.8 Å². The minimum atomic E-state index is -1.33. The zero-order valence-electron chi connectivity index (χ0n) is 24.2. The predicted octanol–water partition coefficient (Wildman–Crippen LogP) is 6.71. The average Bonchev–Trinajstić information content (AvgIpc) is 3.59. The first-order valence-electron chi connectivity index (χ1n) is 14.1. The zero-order valence-corrected chi connectivity index (χ0v) is 25.0. The summed E-state index contributed by atoms with van der Waals surface area (Å²) < 4.78 is 11.7. The number of amides is 1. The molecule has 1 amide bonds. The molecule has 1 N–H and O–H groups in total. The maximum atomic E-state index is 13.7. The quantitative estimate of drug-likeness (QED) is 0.252. The van der Waals surface area contributed by atoms with E-state index < -0.39 is 11.6 Å². The standard InChI is InChI=1S/C32H41NO6S/c1-20-16-22(17-21(2)29(20)39-32(3,4)30(35)36)10-11-24-18-33(31(37)38-25-8-6-7-9-25)19-27(24)28(34)23-12-14-26(40-5)15-13-23/h12-17,24-25,27H,6-11,18-19H2,1-5H3,(H,35,36)/t24-,27?/m0/s1. The molecule has 0 spiro atoms. The third kappa shape index (κ3) is 7.00. The Hall–Kier alpha value is -3.00. The molecule has 1 unspecified atom stereocenters. The van der Waals surface area contributed by atoms with E-state index in [9.17, 15) is 19.5 Å². The molecule has 2 aromatic rings. The number of carboxylic acids is 1. The highest BCUT2D eigenvalue weighted by atomic mass is 32.2. The van der Waals surface area contributed by atoms with Gasteiger partial charge in [-0.3, -0.25) is 4.79 Å². The van der Waals surface area contributed by atoms with Crippen molar-refractivity contribution in [3.63, 3.8) is 0 Å². The molecule has 1 heterocycles. The summed E-state index contributed by atoms with van der Waals surface area (Å²) in [6.45, 7) is 7.79. The number of ketones is 1. The van der Waals surface area contributed by atoms with Gasteiger partial charge >= 0.3 is 12.1 Å². The molecular formula is C32H41NO6S. The van der Waals surface area contributed by atoms with Gasteiger partial charge in [-0.05, 0) is 107 Å². The number of hydrogen-bond donors (Lipinski definition) is 1. The van der Waals surface area contributed by atoms with E-state index in [0.717, 1.165) is 60.1 Å². The SMILES string of the molecule is CSc1ccc(C(=O)C2CN(C(=O)OC3CCCC3)C[C@@H]2CCc2cc(C)c(OC(C)(C)C(=O)O)c(C)c2)cc1. The first-order chi connectivity index (χ1) is 19.0. The van der Waals surface area contributed by atoms with E-state index in [4.69, 9.17) is 9.47 Å². The highest BCUT2D eigenvalue weighted by Gasteiger charge is 2.41. The smallest absolute Gasteiger partial charge is 0.410 e. The van der Waals surface area contributed by atoms with Gasteiger partial charge in [-0.2, -0.15) is 0 Å². The number of aryl methyl sites for hydroxylation is 3. The number of ether oxygens (including phenoxy) is 2. The number of benzene rings is 2. The molecule has 40 heavy (non-hydrogen) atoms. The second-order valence-electron chi connectivity index (χ2n) is 11.7. The number of aliphatic carboxylic acids is 1. The number of carbonyl (C=O) groups is 3. The minimum Gasteiger partial charge on any atom is -0.478 e. The Balaban J connectivity index is 1.50. The van der Waals surface area contributed by atoms with Gasteiger partial charge in [-0.25, -0.2) is 9.59 Å². The van der Waals surface area contributed by atoms with E-state index in [2.05, 4.69) is 0 Å². The first-order valence-corrected chi connectivity index (χ1v) is 15.4. The number of nitrogens with zero attached hydrogens (tertiary/aromatic N) is 1. The van der Waals surface area contributed by atoms with Crippen LogP contribution in [0, 0.1) is 25.7 Å². The fraction of sp³-hybridized carbons (Fsp3) is 0.531. The van der Waals surface area contributed by atoms with Gasteiger partial charge in [0.2, 0.25) is 0 Å². The molecule has 1 aliphatic heterocycles. The Labute approximate surface area is 241 Å². The Kier molecular flexibility index (Phi) is 9.49. The molecule has 2 aromatic carbocycles. The summed E-state index contributed by atoms with van der Waals surface area (Å²) in [7, 11) is 0. The van der Waals surface area contributed by atoms with Crippen LogP contribution in [0.2, 0.25) is 0 Å². The van der Waals surface area contributed by atoms with Crippen molar-refractivity contribution in [3.05, 3.63) is 58.7 Å². The van der Waals surface area contributed by atoms with Crippen LogP contribution in [-0.2, 0) is 16.0 Å². The number of carboxylic acid groups (broad SMARTS) is 1. The molecule has 7 nitrogen and oxygen atoms in total. The predicted molar refractivity (Wildman–Crippen MR) is 156 cm³/mol. The Morgan fingerprint density at radius 3 is 2.23 bits per heavy atom. The number of likely N-dealkylation sites (tertiary alicyclic amines) is 1. The second-order valence-corrected chi connectivity index (χ2v) is 12.5. The molecule has 2 atom stereocenters. The minimum absolute atomic E-state index is 0.00587. The lowest BCUT2D eigenvalue weighted by Crippen LogP contribution is -2.38. The lowest BCUT2D eigenvalue weighted by Gasteiger charge is -2.25. The van der Waals surface area contributed by atoms with E-state index in [-0.39, 0.29) is 29.8 Å². The van der Waals surface area contributed by atoms with Crippen LogP contribution in [0.1, 0.15) is 73.0 Å². The number of Topliss-reactive ketones (excluding diaryl/α,β-unsaturated/α-hetero) is 1. The fourth-order valence-electron chi connectivity index (χ4n) is 5.80. The van der Waals surface area contributed by atoms with Crippen LogP contribution in [0.3, 0.4) is 0 Å². The van der Waals surface area contributed by atoms with Gasteiger partial charge < -0.3 is 19.5 Å². The van der Waals surface area contributed by atoms with Crippen LogP contribution in [-0.4, -0.2) is 58.9 Å². The summed E-state index contributed by atoms with van der Waals surface area (Å²) in [5.74, 6) is -0.657. The lowest BCUT2D eigenvalue weighted by atomic mass is 9.84. The maximum absolute atomic E-state index is 13.7. The Morgan fingerprint density at radius 1 is 1.02 bits per heavy atom. The van der Waals surface area contributed by atoms with Crippen LogP contribution in [0.4, 0.5) is 4.79 Å². The van der Waals surface area contributed by atoms with Crippen molar-refractivity contribution in [1.82, 2.24) is 4.90 Å². The van der Waals surface area contributed by atoms with E-state index >= 15 is 0 Å². The highest BCUT2D eigenvalue weighted by Crippen LogP contribution is 2.34. The van der Waals surface area contributed by atoms with Crippen molar-refractivity contribution in [2.45, 2.75) is 82.8 Å². The van der Waals surface area contributed by atoms with Crippen molar-refractivity contribution in [2.24, 2.45) is 11.8 Å². The molecule has 2 fully saturated rings. The summed E-state index contributed by atoms with van der Waals surface area (Å²) in [4.78, 5) is 41.1. The van der Waals surface area contributed by atoms with Crippen molar-refractivity contribution in [2.75, 3.05) is 19.3 Å². The van der Waals surface area contributed by atoms with Crippen molar-refractivity contribution in [1.29, 1.82) is 0 Å². The number of rotatable bonds is 10. The topological polar surface area (TPSA) is 93.1 Å². The normalized spacial score (nSPS) is 19.6. The van der Waals surface area contributed by atoms with Gasteiger partial charge in [-0.15, -0.1) is 11.8 Å². The monoisotopic (exact) mass is 567 g/mol. The fourth-order valence-corrected chi connectivity index (χ4v) is 6.21. The molecule has 0 radical (unpaired) electrons. The summed E-state index contributed by atoms with van der Waals surface area (Å²) in [5.41, 5.74) is 2.18.